The summed E-state index contributed by atoms with van der Waals surface area (Å²) in [5.41, 5.74) is -0.767. The second kappa shape index (κ2) is 12.3. The first kappa shape index (κ1) is 31.3. The lowest BCUT2D eigenvalue weighted by Crippen LogP contribution is -2.38. The predicted octanol–water partition coefficient (Wildman–Crippen LogP) is 5.03. The Labute approximate surface area is 243 Å². The number of halogens is 3. The highest BCUT2D eigenvalue weighted by Crippen LogP contribution is 2.34. The highest BCUT2D eigenvalue weighted by Gasteiger charge is 2.34. The van der Waals surface area contributed by atoms with Crippen LogP contribution in [0.5, 0.6) is 5.75 Å². The van der Waals surface area contributed by atoms with E-state index in [4.69, 9.17) is 4.74 Å². The number of alkyl halides is 3. The maximum Gasteiger partial charge on any atom is 0.416 e. The van der Waals surface area contributed by atoms with Crippen LogP contribution in [-0.2, 0) is 31.0 Å². The molecule has 0 saturated carbocycles. The van der Waals surface area contributed by atoms with Gasteiger partial charge in [0.2, 0.25) is 15.9 Å². The molecule has 3 aromatic rings. The zero-order chi connectivity index (χ0) is 30.7. The molecular formula is C28H30F3N3O6S2. The van der Waals surface area contributed by atoms with Gasteiger partial charge in [0.1, 0.15) is 12.3 Å². The quantitative estimate of drug-likeness (QED) is 0.357. The predicted molar refractivity (Wildman–Crippen MR) is 151 cm³/mol. The molecule has 14 heteroatoms. The second-order valence-electron chi connectivity index (χ2n) is 9.75. The van der Waals surface area contributed by atoms with Gasteiger partial charge in [0, 0.05) is 13.1 Å². The number of hydrogen-bond donors (Lipinski definition) is 1. The molecule has 0 aliphatic carbocycles. The van der Waals surface area contributed by atoms with Crippen LogP contribution >= 0.6 is 0 Å². The minimum absolute atomic E-state index is 0.0442. The number of methoxy groups -OCH3 is 1. The first-order chi connectivity index (χ1) is 19.7. The number of amides is 1. The molecule has 0 aromatic heterocycles. The van der Waals surface area contributed by atoms with Crippen molar-refractivity contribution in [1.82, 2.24) is 4.31 Å². The first-order valence-corrected chi connectivity index (χ1v) is 15.9. The summed E-state index contributed by atoms with van der Waals surface area (Å²) in [6.07, 6.45) is -2.39. The Balaban J connectivity index is 1.69. The average Bonchev–Trinajstić information content (AvgIpc) is 2.96. The number of nitrogens with zero attached hydrogens (tertiary/aromatic N) is 2. The lowest BCUT2D eigenvalue weighted by Gasteiger charge is -2.26. The van der Waals surface area contributed by atoms with Crippen LogP contribution in [0.2, 0.25) is 0 Å². The van der Waals surface area contributed by atoms with Crippen LogP contribution in [0.1, 0.15) is 30.4 Å². The van der Waals surface area contributed by atoms with Gasteiger partial charge in [-0.3, -0.25) is 9.10 Å². The van der Waals surface area contributed by atoms with Gasteiger partial charge >= 0.3 is 6.18 Å². The highest BCUT2D eigenvalue weighted by atomic mass is 32.2. The Morgan fingerprint density at radius 1 is 0.929 bits per heavy atom. The van der Waals surface area contributed by atoms with Crippen molar-refractivity contribution in [3.05, 3.63) is 77.9 Å². The molecule has 0 bridgehead atoms. The smallest absolute Gasteiger partial charge is 0.416 e. The third-order valence-electron chi connectivity index (χ3n) is 6.76. The van der Waals surface area contributed by atoms with Crippen LogP contribution in [-0.4, -0.2) is 53.8 Å². The monoisotopic (exact) mass is 625 g/mol. The molecule has 1 aliphatic heterocycles. The molecule has 42 heavy (non-hydrogen) atoms. The number of carbonyl (C=O) groups is 1. The van der Waals surface area contributed by atoms with Crippen molar-refractivity contribution in [2.24, 2.45) is 0 Å². The summed E-state index contributed by atoms with van der Waals surface area (Å²) in [6, 6.07) is 13.2. The van der Waals surface area contributed by atoms with E-state index >= 15 is 0 Å². The SMILES string of the molecule is COc1ccc(S(=O)(=O)N2CCCCC2)cc1NC(=O)CN(c1cccc(C(F)(F)F)c1)S(=O)(=O)c1ccc(C)cc1. The summed E-state index contributed by atoms with van der Waals surface area (Å²) in [4.78, 5) is 13.0. The van der Waals surface area contributed by atoms with Gasteiger partial charge in [-0.05, 0) is 68.3 Å². The summed E-state index contributed by atoms with van der Waals surface area (Å²) >= 11 is 0. The Hall–Kier alpha value is -3.62. The number of benzene rings is 3. The fraction of sp³-hybridized carbons (Fsp3) is 0.321. The van der Waals surface area contributed by atoms with Gasteiger partial charge in [-0.2, -0.15) is 17.5 Å². The van der Waals surface area contributed by atoms with E-state index in [0.29, 0.717) is 23.5 Å². The number of carbonyl (C=O) groups excluding carboxylic acids is 1. The molecule has 1 heterocycles. The van der Waals surface area contributed by atoms with Gasteiger partial charge < -0.3 is 10.1 Å². The molecule has 4 rings (SSSR count). The summed E-state index contributed by atoms with van der Waals surface area (Å²) < 4.78 is 101. The maximum absolute atomic E-state index is 13.6. The van der Waals surface area contributed by atoms with Crippen LogP contribution in [0.25, 0.3) is 0 Å². The van der Waals surface area contributed by atoms with E-state index in [9.17, 15) is 34.8 Å². The topological polar surface area (TPSA) is 113 Å². The Morgan fingerprint density at radius 2 is 1.57 bits per heavy atom. The van der Waals surface area contributed by atoms with Crippen LogP contribution in [0, 0.1) is 6.92 Å². The number of anilines is 2. The van der Waals surface area contributed by atoms with Crippen molar-refractivity contribution in [1.29, 1.82) is 0 Å². The summed E-state index contributed by atoms with van der Waals surface area (Å²) in [6.45, 7) is 1.54. The number of piperidine rings is 1. The first-order valence-electron chi connectivity index (χ1n) is 13.0. The van der Waals surface area contributed by atoms with Gasteiger partial charge in [-0.15, -0.1) is 0 Å². The fourth-order valence-corrected chi connectivity index (χ4v) is 7.47. The van der Waals surface area contributed by atoms with Crippen molar-refractivity contribution < 1.29 is 39.5 Å². The summed E-state index contributed by atoms with van der Waals surface area (Å²) in [5, 5.41) is 2.48. The van der Waals surface area contributed by atoms with Gasteiger partial charge in [0.15, 0.2) is 0 Å². The summed E-state index contributed by atoms with van der Waals surface area (Å²) in [5.74, 6) is -0.832. The lowest BCUT2D eigenvalue weighted by atomic mass is 10.2. The molecule has 9 nitrogen and oxygen atoms in total. The van der Waals surface area contributed by atoms with Gasteiger partial charge in [0.25, 0.3) is 10.0 Å². The molecular weight excluding hydrogens is 595 g/mol. The van der Waals surface area contributed by atoms with Crippen molar-refractivity contribution in [2.45, 2.75) is 42.2 Å². The zero-order valence-corrected chi connectivity index (χ0v) is 24.5. The van der Waals surface area contributed by atoms with Crippen LogP contribution < -0.4 is 14.4 Å². The minimum Gasteiger partial charge on any atom is -0.495 e. The van der Waals surface area contributed by atoms with Crippen molar-refractivity contribution in [3.63, 3.8) is 0 Å². The molecule has 0 atom stereocenters. The molecule has 3 aromatic carbocycles. The van der Waals surface area contributed by atoms with E-state index in [2.05, 4.69) is 5.32 Å². The molecule has 0 radical (unpaired) electrons. The number of sulfonamides is 2. The Kier molecular flexibility index (Phi) is 9.18. The average molecular weight is 626 g/mol. The number of aryl methyl sites for hydroxylation is 1. The summed E-state index contributed by atoms with van der Waals surface area (Å²) in [7, 11) is -7.08. The highest BCUT2D eigenvalue weighted by molar-refractivity contribution is 7.92. The second-order valence-corrected chi connectivity index (χ2v) is 13.5. The van der Waals surface area contributed by atoms with Crippen molar-refractivity contribution >= 4 is 37.3 Å². The normalized spacial score (nSPS) is 14.8. The van der Waals surface area contributed by atoms with E-state index in [-0.39, 0.29) is 26.9 Å². The van der Waals surface area contributed by atoms with Gasteiger partial charge in [-0.25, -0.2) is 16.8 Å². The van der Waals surface area contributed by atoms with E-state index in [1.54, 1.807) is 6.92 Å². The van der Waals surface area contributed by atoms with Crippen molar-refractivity contribution in [2.75, 3.05) is 36.4 Å². The number of ether oxygens (including phenoxy) is 1. The van der Waals surface area contributed by atoms with Gasteiger partial charge in [0.05, 0.1) is 33.8 Å². The molecule has 1 amide bonds. The number of hydrogen-bond acceptors (Lipinski definition) is 6. The molecule has 0 unspecified atom stereocenters. The molecule has 1 N–H and O–H groups in total. The fourth-order valence-electron chi connectivity index (χ4n) is 4.51. The van der Waals surface area contributed by atoms with E-state index in [0.717, 1.165) is 43.0 Å². The van der Waals surface area contributed by atoms with Crippen LogP contribution in [0.4, 0.5) is 24.5 Å². The van der Waals surface area contributed by atoms with E-state index < -0.39 is 44.2 Å². The third-order valence-corrected chi connectivity index (χ3v) is 10.4. The minimum atomic E-state index is -4.76. The molecule has 1 aliphatic rings. The van der Waals surface area contributed by atoms with E-state index in [1.165, 1.54) is 53.9 Å². The lowest BCUT2D eigenvalue weighted by molar-refractivity contribution is -0.137. The van der Waals surface area contributed by atoms with E-state index in [1.807, 2.05) is 0 Å². The molecule has 226 valence electrons. The molecule has 1 fully saturated rings. The number of nitrogens with one attached hydrogen (secondary N) is 1. The largest absolute Gasteiger partial charge is 0.495 e. The Bertz CT molecular complexity index is 1650. The number of rotatable bonds is 9. The maximum atomic E-state index is 13.6. The standard InChI is InChI=1S/C28H30F3N3O6S2/c1-20-9-11-23(12-10-20)42(38,39)34(22-8-6-7-21(17-22)28(29,30)31)19-27(35)32-25-18-24(13-14-26(25)40-2)41(36,37)33-15-4-3-5-16-33/h6-14,17-18H,3-5,15-16,19H2,1-2H3,(H,32,35). The Morgan fingerprint density at radius 3 is 2.19 bits per heavy atom. The van der Waals surface area contributed by atoms with Gasteiger partial charge in [-0.1, -0.05) is 30.2 Å². The van der Waals surface area contributed by atoms with Crippen LogP contribution in [0.3, 0.4) is 0 Å². The third kappa shape index (κ3) is 6.88. The molecule has 0 spiro atoms. The van der Waals surface area contributed by atoms with Crippen molar-refractivity contribution in [3.8, 4) is 5.75 Å². The molecule has 1 saturated heterocycles. The zero-order valence-electron chi connectivity index (χ0n) is 22.9. The van der Waals surface area contributed by atoms with Crippen LogP contribution in [0.15, 0.2) is 76.5 Å².